The first-order valence-corrected chi connectivity index (χ1v) is 10.1. The Bertz CT molecular complexity index is 794. The van der Waals surface area contributed by atoms with Crippen LogP contribution in [0.15, 0.2) is 42.5 Å². The number of rotatable bonds is 6. The predicted octanol–water partition coefficient (Wildman–Crippen LogP) is 2.47. The fraction of sp³-hybridized carbons (Fsp3) is 0.435. The van der Waals surface area contributed by atoms with E-state index in [1.165, 1.54) is 16.2 Å². The first-order chi connectivity index (χ1) is 13.5. The standard InChI is InChI=1S/C23H31N3O2/c1-17(2)21-7-5-6-18(3)23(21)24-22(27)16-25-12-14-26(15-13-25)19-8-10-20(28-4)11-9-19/h5-11,17H,12-16H2,1-4H3,(H,24,27)/p+1. The summed E-state index contributed by atoms with van der Waals surface area (Å²) in [5, 5.41) is 3.18. The van der Waals surface area contributed by atoms with Crippen LogP contribution in [0.4, 0.5) is 11.4 Å². The van der Waals surface area contributed by atoms with Gasteiger partial charge in [-0.1, -0.05) is 32.0 Å². The SMILES string of the molecule is COc1ccc(N2CC[NH+](CC(=O)Nc3c(C)cccc3C(C)C)CC2)cc1. The molecule has 0 aliphatic carbocycles. The number of hydrogen-bond donors (Lipinski definition) is 2. The first-order valence-electron chi connectivity index (χ1n) is 10.1. The highest BCUT2D eigenvalue weighted by Crippen LogP contribution is 2.27. The average molecular weight is 383 g/mol. The molecule has 2 N–H and O–H groups in total. The number of carbonyl (C=O) groups is 1. The van der Waals surface area contributed by atoms with E-state index in [4.69, 9.17) is 4.74 Å². The monoisotopic (exact) mass is 382 g/mol. The van der Waals surface area contributed by atoms with E-state index in [1.807, 2.05) is 12.1 Å². The van der Waals surface area contributed by atoms with Gasteiger partial charge in [0.15, 0.2) is 6.54 Å². The Morgan fingerprint density at radius 3 is 2.43 bits per heavy atom. The second-order valence-corrected chi connectivity index (χ2v) is 7.85. The maximum atomic E-state index is 12.7. The average Bonchev–Trinajstić information content (AvgIpc) is 2.70. The molecule has 0 atom stereocenters. The van der Waals surface area contributed by atoms with Gasteiger partial charge in [-0.3, -0.25) is 4.79 Å². The van der Waals surface area contributed by atoms with E-state index in [9.17, 15) is 4.79 Å². The molecule has 1 aliphatic rings. The molecule has 1 aliphatic heterocycles. The number of quaternary nitrogens is 1. The van der Waals surface area contributed by atoms with Crippen LogP contribution in [0.5, 0.6) is 5.75 Å². The lowest BCUT2D eigenvalue weighted by Crippen LogP contribution is -3.15. The molecule has 0 saturated carbocycles. The van der Waals surface area contributed by atoms with Gasteiger partial charge in [-0.25, -0.2) is 0 Å². The number of para-hydroxylation sites is 1. The lowest BCUT2D eigenvalue weighted by molar-refractivity contribution is -0.892. The Balaban J connectivity index is 1.54. The zero-order valence-corrected chi connectivity index (χ0v) is 17.4. The maximum absolute atomic E-state index is 12.7. The van der Waals surface area contributed by atoms with E-state index >= 15 is 0 Å². The van der Waals surface area contributed by atoms with E-state index in [0.717, 1.165) is 43.2 Å². The van der Waals surface area contributed by atoms with E-state index < -0.39 is 0 Å². The minimum atomic E-state index is 0.101. The van der Waals surface area contributed by atoms with Gasteiger partial charge < -0.3 is 19.9 Å². The summed E-state index contributed by atoms with van der Waals surface area (Å²) in [5.74, 6) is 1.36. The Kier molecular flexibility index (Phi) is 6.57. The molecule has 0 bridgehead atoms. The highest BCUT2D eigenvalue weighted by molar-refractivity contribution is 5.93. The number of nitrogens with one attached hydrogen (secondary N) is 2. The van der Waals surface area contributed by atoms with Crippen LogP contribution in [0.1, 0.15) is 30.9 Å². The molecule has 28 heavy (non-hydrogen) atoms. The van der Waals surface area contributed by atoms with Crippen molar-refractivity contribution in [1.29, 1.82) is 0 Å². The van der Waals surface area contributed by atoms with Crippen LogP contribution in [0.3, 0.4) is 0 Å². The van der Waals surface area contributed by atoms with Crippen molar-refractivity contribution in [2.24, 2.45) is 0 Å². The zero-order valence-electron chi connectivity index (χ0n) is 17.4. The second kappa shape index (κ2) is 9.11. The van der Waals surface area contributed by atoms with Gasteiger partial charge in [0.25, 0.3) is 5.91 Å². The molecule has 1 heterocycles. The summed E-state index contributed by atoms with van der Waals surface area (Å²) in [4.78, 5) is 16.4. The lowest BCUT2D eigenvalue weighted by atomic mass is 9.98. The number of aryl methyl sites for hydroxylation is 1. The summed E-state index contributed by atoms with van der Waals surface area (Å²) in [5.41, 5.74) is 4.52. The number of carbonyl (C=O) groups excluding carboxylic acids is 1. The third kappa shape index (κ3) is 4.84. The van der Waals surface area contributed by atoms with Gasteiger partial charge in [0.05, 0.1) is 33.3 Å². The Hall–Kier alpha value is -2.53. The van der Waals surface area contributed by atoms with Crippen LogP contribution in [0.2, 0.25) is 0 Å². The lowest BCUT2D eigenvalue weighted by Gasteiger charge is -2.33. The van der Waals surface area contributed by atoms with Crippen molar-refractivity contribution < 1.29 is 14.4 Å². The third-order valence-electron chi connectivity index (χ3n) is 5.51. The zero-order chi connectivity index (χ0) is 20.1. The van der Waals surface area contributed by atoms with Gasteiger partial charge >= 0.3 is 0 Å². The fourth-order valence-electron chi connectivity index (χ4n) is 3.80. The van der Waals surface area contributed by atoms with Crippen LogP contribution >= 0.6 is 0 Å². The van der Waals surface area contributed by atoms with Crippen LogP contribution in [-0.2, 0) is 4.79 Å². The quantitative estimate of drug-likeness (QED) is 0.807. The van der Waals surface area contributed by atoms with Crippen molar-refractivity contribution >= 4 is 17.3 Å². The number of ether oxygens (including phenoxy) is 1. The maximum Gasteiger partial charge on any atom is 0.279 e. The first kappa shape index (κ1) is 20.2. The van der Waals surface area contributed by atoms with Crippen LogP contribution in [-0.4, -0.2) is 45.7 Å². The van der Waals surface area contributed by atoms with Crippen LogP contribution in [0, 0.1) is 6.92 Å². The molecule has 0 aromatic heterocycles. The van der Waals surface area contributed by atoms with Gasteiger partial charge in [0, 0.05) is 11.4 Å². The number of anilines is 2. The molecular weight excluding hydrogens is 350 g/mol. The molecule has 2 aromatic carbocycles. The van der Waals surface area contributed by atoms with Gasteiger partial charge in [-0.2, -0.15) is 0 Å². The summed E-state index contributed by atoms with van der Waals surface area (Å²) in [7, 11) is 1.68. The van der Waals surface area contributed by atoms with E-state index in [1.54, 1.807) is 7.11 Å². The number of methoxy groups -OCH3 is 1. The van der Waals surface area contributed by atoms with Crippen molar-refractivity contribution in [2.45, 2.75) is 26.7 Å². The number of benzene rings is 2. The number of nitrogens with zero attached hydrogens (tertiary/aromatic N) is 1. The van der Waals surface area contributed by atoms with Crippen molar-refractivity contribution in [3.63, 3.8) is 0 Å². The predicted molar refractivity (Wildman–Crippen MR) is 115 cm³/mol. The minimum Gasteiger partial charge on any atom is -0.497 e. The van der Waals surface area contributed by atoms with Crippen molar-refractivity contribution in [3.8, 4) is 5.75 Å². The summed E-state index contributed by atoms with van der Waals surface area (Å²) >= 11 is 0. The molecule has 0 spiro atoms. The molecule has 1 amide bonds. The Morgan fingerprint density at radius 1 is 1.14 bits per heavy atom. The van der Waals surface area contributed by atoms with Gasteiger partial charge in [-0.15, -0.1) is 0 Å². The topological polar surface area (TPSA) is 46.0 Å². The largest absolute Gasteiger partial charge is 0.497 e. The number of amides is 1. The van der Waals surface area contributed by atoms with Crippen LogP contribution < -0.4 is 19.9 Å². The van der Waals surface area contributed by atoms with Gasteiger partial charge in [0.1, 0.15) is 5.75 Å². The summed E-state index contributed by atoms with van der Waals surface area (Å²) in [6.45, 7) is 10.7. The summed E-state index contributed by atoms with van der Waals surface area (Å²) in [6, 6.07) is 14.4. The third-order valence-corrected chi connectivity index (χ3v) is 5.51. The minimum absolute atomic E-state index is 0.101. The van der Waals surface area contributed by atoms with Gasteiger partial charge in [0.2, 0.25) is 0 Å². The van der Waals surface area contributed by atoms with Gasteiger partial charge in [-0.05, 0) is 48.2 Å². The summed E-state index contributed by atoms with van der Waals surface area (Å²) in [6.07, 6.45) is 0. The molecule has 0 unspecified atom stereocenters. The van der Waals surface area contributed by atoms with Crippen molar-refractivity contribution in [3.05, 3.63) is 53.6 Å². The number of piperazine rings is 1. The molecule has 5 nitrogen and oxygen atoms in total. The fourth-order valence-corrected chi connectivity index (χ4v) is 3.80. The molecule has 1 saturated heterocycles. The van der Waals surface area contributed by atoms with E-state index in [0.29, 0.717) is 12.5 Å². The molecule has 150 valence electrons. The van der Waals surface area contributed by atoms with Crippen molar-refractivity contribution in [1.82, 2.24) is 0 Å². The summed E-state index contributed by atoms with van der Waals surface area (Å²) < 4.78 is 5.23. The van der Waals surface area contributed by atoms with E-state index in [-0.39, 0.29) is 5.91 Å². The smallest absolute Gasteiger partial charge is 0.279 e. The molecule has 3 rings (SSSR count). The highest BCUT2D eigenvalue weighted by Gasteiger charge is 2.23. The molecule has 0 radical (unpaired) electrons. The second-order valence-electron chi connectivity index (χ2n) is 7.85. The molecule has 1 fully saturated rings. The molecular formula is C23H32N3O2+. The molecule has 2 aromatic rings. The Morgan fingerprint density at radius 2 is 1.82 bits per heavy atom. The molecule has 5 heteroatoms. The van der Waals surface area contributed by atoms with E-state index in [2.05, 4.69) is 61.3 Å². The van der Waals surface area contributed by atoms with Crippen LogP contribution in [0.25, 0.3) is 0 Å². The highest BCUT2D eigenvalue weighted by atomic mass is 16.5. The number of hydrogen-bond acceptors (Lipinski definition) is 3. The normalized spacial score (nSPS) is 15.0. The van der Waals surface area contributed by atoms with Crippen molar-refractivity contribution in [2.75, 3.05) is 50.1 Å². The Labute approximate surface area is 168 Å².